The van der Waals surface area contributed by atoms with Crippen molar-refractivity contribution in [1.29, 1.82) is 0 Å². The lowest BCUT2D eigenvalue weighted by molar-refractivity contribution is -0.129. The number of amides is 1. The molecular formula is C8H16N2O. The summed E-state index contributed by atoms with van der Waals surface area (Å²) in [6.07, 6.45) is 2.03. The van der Waals surface area contributed by atoms with Crippen LogP contribution in [0.1, 0.15) is 19.8 Å². The number of likely N-dealkylation sites (tertiary alicyclic amines) is 1. The molecule has 0 spiro atoms. The van der Waals surface area contributed by atoms with Crippen molar-refractivity contribution >= 4 is 5.91 Å². The van der Waals surface area contributed by atoms with Gasteiger partial charge in [0.15, 0.2) is 0 Å². The zero-order valence-corrected chi connectivity index (χ0v) is 7.26. The number of hydrogen-bond donors (Lipinski definition) is 1. The van der Waals surface area contributed by atoms with Gasteiger partial charge in [-0.25, -0.2) is 0 Å². The summed E-state index contributed by atoms with van der Waals surface area (Å²) < 4.78 is 0. The van der Waals surface area contributed by atoms with Crippen molar-refractivity contribution in [3.63, 3.8) is 0 Å². The number of carbonyl (C=O) groups is 1. The van der Waals surface area contributed by atoms with Gasteiger partial charge in [-0.15, -0.1) is 0 Å². The van der Waals surface area contributed by atoms with Crippen LogP contribution < -0.4 is 5.32 Å². The molecule has 64 valence electrons. The second-order valence-corrected chi connectivity index (χ2v) is 2.96. The van der Waals surface area contributed by atoms with Crippen LogP contribution in [0.15, 0.2) is 0 Å². The summed E-state index contributed by atoms with van der Waals surface area (Å²) in [6.45, 7) is 3.94. The van der Waals surface area contributed by atoms with E-state index < -0.39 is 0 Å². The molecule has 1 saturated heterocycles. The monoisotopic (exact) mass is 156 g/mol. The van der Waals surface area contributed by atoms with E-state index in [2.05, 4.69) is 12.2 Å². The van der Waals surface area contributed by atoms with Crippen molar-refractivity contribution in [1.82, 2.24) is 10.2 Å². The van der Waals surface area contributed by atoms with Crippen molar-refractivity contribution in [3.8, 4) is 0 Å². The van der Waals surface area contributed by atoms with Gasteiger partial charge in [0.25, 0.3) is 0 Å². The Bertz CT molecular complexity index is 147. The normalized spacial score (nSPS) is 24.7. The Morgan fingerprint density at radius 3 is 2.91 bits per heavy atom. The van der Waals surface area contributed by atoms with E-state index in [0.717, 1.165) is 25.9 Å². The minimum Gasteiger partial charge on any atom is -0.341 e. The van der Waals surface area contributed by atoms with E-state index in [0.29, 0.717) is 0 Å². The van der Waals surface area contributed by atoms with Crippen LogP contribution in [-0.4, -0.2) is 37.0 Å². The molecule has 0 aromatic rings. The lowest BCUT2D eigenvalue weighted by Crippen LogP contribution is -2.36. The summed E-state index contributed by atoms with van der Waals surface area (Å²) in [7, 11) is 1.85. The van der Waals surface area contributed by atoms with Crippen LogP contribution in [0.4, 0.5) is 0 Å². The van der Waals surface area contributed by atoms with Gasteiger partial charge in [-0.05, 0) is 19.9 Å². The summed E-state index contributed by atoms with van der Waals surface area (Å²) in [5, 5.41) is 3.01. The van der Waals surface area contributed by atoms with Crippen LogP contribution in [0.3, 0.4) is 0 Å². The van der Waals surface area contributed by atoms with Crippen molar-refractivity contribution < 1.29 is 4.79 Å². The summed E-state index contributed by atoms with van der Waals surface area (Å²) in [4.78, 5) is 13.3. The molecule has 1 amide bonds. The maximum atomic E-state index is 11.4. The fraction of sp³-hybridized carbons (Fsp3) is 0.875. The second kappa shape index (κ2) is 3.72. The Morgan fingerprint density at radius 2 is 2.45 bits per heavy atom. The van der Waals surface area contributed by atoms with E-state index in [1.807, 2.05) is 11.9 Å². The molecule has 0 aromatic heterocycles. The molecule has 11 heavy (non-hydrogen) atoms. The smallest absolute Gasteiger partial charge is 0.239 e. The summed E-state index contributed by atoms with van der Waals surface area (Å²) in [6, 6.07) is 0.0848. The van der Waals surface area contributed by atoms with Gasteiger partial charge in [0.2, 0.25) is 5.91 Å². The Balaban J connectivity index is 2.42. The third-order valence-electron chi connectivity index (χ3n) is 2.14. The maximum Gasteiger partial charge on any atom is 0.239 e. The Morgan fingerprint density at radius 1 is 1.73 bits per heavy atom. The number of likely N-dealkylation sites (N-methyl/N-ethyl adjacent to an activating group) is 1. The molecule has 0 bridgehead atoms. The van der Waals surface area contributed by atoms with E-state index in [4.69, 9.17) is 0 Å². The van der Waals surface area contributed by atoms with Crippen molar-refractivity contribution in [2.45, 2.75) is 25.8 Å². The number of hydrogen-bond acceptors (Lipinski definition) is 2. The average molecular weight is 156 g/mol. The molecule has 1 fully saturated rings. The van der Waals surface area contributed by atoms with Crippen molar-refractivity contribution in [2.75, 3.05) is 20.1 Å². The first kappa shape index (κ1) is 8.53. The number of nitrogens with zero attached hydrogens (tertiary/aromatic N) is 1. The van der Waals surface area contributed by atoms with Gasteiger partial charge in [-0.3, -0.25) is 4.79 Å². The molecule has 3 heteroatoms. The van der Waals surface area contributed by atoms with Crippen LogP contribution in [0.25, 0.3) is 0 Å². The van der Waals surface area contributed by atoms with Crippen LogP contribution in [0, 0.1) is 0 Å². The van der Waals surface area contributed by atoms with E-state index in [1.165, 1.54) is 0 Å². The van der Waals surface area contributed by atoms with E-state index in [9.17, 15) is 4.79 Å². The Labute approximate surface area is 67.8 Å². The summed E-state index contributed by atoms with van der Waals surface area (Å²) >= 11 is 0. The van der Waals surface area contributed by atoms with Crippen LogP contribution in [0.5, 0.6) is 0 Å². The molecule has 1 aliphatic heterocycles. The van der Waals surface area contributed by atoms with E-state index >= 15 is 0 Å². The third-order valence-corrected chi connectivity index (χ3v) is 2.14. The lowest BCUT2D eigenvalue weighted by Gasteiger charge is -2.14. The highest BCUT2D eigenvalue weighted by molar-refractivity contribution is 5.83. The zero-order chi connectivity index (χ0) is 8.27. The standard InChI is InChI=1S/C8H16N2O/c1-3-5-10-6-4-7(9-2)8(10)11/h7,9H,3-6H2,1-2H3. The first-order valence-electron chi connectivity index (χ1n) is 4.25. The molecule has 1 aliphatic rings. The largest absolute Gasteiger partial charge is 0.341 e. The molecule has 0 saturated carbocycles. The molecule has 0 aromatic carbocycles. The predicted octanol–water partition coefficient (Wildman–Crippen LogP) is 0.217. The molecule has 0 aliphatic carbocycles. The molecule has 1 heterocycles. The first-order chi connectivity index (χ1) is 5.29. The first-order valence-corrected chi connectivity index (χ1v) is 4.25. The minimum absolute atomic E-state index is 0.0848. The number of carbonyl (C=O) groups excluding carboxylic acids is 1. The molecule has 1 N–H and O–H groups in total. The van der Waals surface area contributed by atoms with Crippen molar-refractivity contribution in [3.05, 3.63) is 0 Å². The number of nitrogens with one attached hydrogen (secondary N) is 1. The van der Waals surface area contributed by atoms with Gasteiger partial charge in [0.05, 0.1) is 6.04 Å². The van der Waals surface area contributed by atoms with Crippen molar-refractivity contribution in [2.24, 2.45) is 0 Å². The topological polar surface area (TPSA) is 32.3 Å². The fourth-order valence-corrected chi connectivity index (χ4v) is 1.50. The van der Waals surface area contributed by atoms with Crippen LogP contribution in [-0.2, 0) is 4.79 Å². The Kier molecular flexibility index (Phi) is 2.88. The molecular weight excluding hydrogens is 140 g/mol. The molecule has 3 nitrogen and oxygen atoms in total. The second-order valence-electron chi connectivity index (χ2n) is 2.96. The van der Waals surface area contributed by atoms with Gasteiger partial charge >= 0.3 is 0 Å². The predicted molar refractivity (Wildman–Crippen MR) is 44.3 cm³/mol. The van der Waals surface area contributed by atoms with Gasteiger partial charge in [0, 0.05) is 13.1 Å². The summed E-state index contributed by atoms with van der Waals surface area (Å²) in [5.41, 5.74) is 0. The highest BCUT2D eigenvalue weighted by atomic mass is 16.2. The molecule has 1 rings (SSSR count). The highest BCUT2D eigenvalue weighted by Gasteiger charge is 2.28. The molecule has 1 unspecified atom stereocenters. The average Bonchev–Trinajstić information content (AvgIpc) is 2.34. The van der Waals surface area contributed by atoms with Gasteiger partial charge in [-0.1, -0.05) is 6.92 Å². The third kappa shape index (κ3) is 1.71. The quantitative estimate of drug-likeness (QED) is 0.634. The minimum atomic E-state index is 0.0848. The van der Waals surface area contributed by atoms with E-state index in [-0.39, 0.29) is 11.9 Å². The van der Waals surface area contributed by atoms with Gasteiger partial charge < -0.3 is 10.2 Å². The molecule has 1 atom stereocenters. The highest BCUT2D eigenvalue weighted by Crippen LogP contribution is 2.10. The maximum absolute atomic E-state index is 11.4. The lowest BCUT2D eigenvalue weighted by atomic mass is 10.3. The summed E-state index contributed by atoms with van der Waals surface area (Å²) in [5.74, 6) is 0.273. The zero-order valence-electron chi connectivity index (χ0n) is 7.26. The molecule has 0 radical (unpaired) electrons. The Hall–Kier alpha value is -0.570. The van der Waals surface area contributed by atoms with Gasteiger partial charge in [0.1, 0.15) is 0 Å². The van der Waals surface area contributed by atoms with E-state index in [1.54, 1.807) is 0 Å². The number of rotatable bonds is 3. The van der Waals surface area contributed by atoms with Crippen LogP contribution in [0.2, 0.25) is 0 Å². The van der Waals surface area contributed by atoms with Gasteiger partial charge in [-0.2, -0.15) is 0 Å². The fourth-order valence-electron chi connectivity index (χ4n) is 1.50. The SMILES string of the molecule is CCCN1CCC(NC)C1=O. The van der Waals surface area contributed by atoms with Crippen LogP contribution >= 0.6 is 0 Å².